The second kappa shape index (κ2) is 6.80. The summed E-state index contributed by atoms with van der Waals surface area (Å²) >= 11 is 0. The smallest absolute Gasteiger partial charge is 0.0768 e. The second-order valence-corrected chi connectivity index (χ2v) is 6.41. The number of rotatable bonds is 5. The number of hydrogen-bond acceptors (Lipinski definition) is 3. The fraction of sp³-hybridized carbons (Fsp3) is 0.667. The summed E-state index contributed by atoms with van der Waals surface area (Å²) in [5.41, 5.74) is 3.61. The van der Waals surface area contributed by atoms with Crippen LogP contribution in [0.1, 0.15) is 37.8 Å². The predicted octanol–water partition coefficient (Wildman–Crippen LogP) is 2.98. The number of anilines is 1. The largest absolute Gasteiger partial charge is 0.389 e. The Kier molecular flexibility index (Phi) is 5.28. The average Bonchev–Trinajstić information content (AvgIpc) is 2.51. The van der Waals surface area contributed by atoms with Gasteiger partial charge in [0, 0.05) is 38.4 Å². The monoisotopic (exact) mass is 290 g/mol. The van der Waals surface area contributed by atoms with E-state index in [0.29, 0.717) is 0 Å². The number of hydrogen-bond donors (Lipinski definition) is 1. The normalized spacial score (nSPS) is 17.3. The Labute approximate surface area is 129 Å². The Morgan fingerprint density at radius 3 is 2.24 bits per heavy atom. The van der Waals surface area contributed by atoms with Crippen LogP contribution >= 0.6 is 0 Å². The molecule has 0 saturated carbocycles. The van der Waals surface area contributed by atoms with Crippen LogP contribution in [0.3, 0.4) is 0 Å². The lowest BCUT2D eigenvalue weighted by Gasteiger charge is -2.40. The van der Waals surface area contributed by atoms with Crippen molar-refractivity contribution in [3.8, 4) is 0 Å². The number of aryl methyl sites for hydroxylation is 1. The van der Waals surface area contributed by atoms with Crippen molar-refractivity contribution >= 4 is 5.69 Å². The third-order valence-electron chi connectivity index (χ3n) is 5.12. The first-order chi connectivity index (χ1) is 9.99. The van der Waals surface area contributed by atoms with Crippen LogP contribution in [0.4, 0.5) is 5.69 Å². The first-order valence-corrected chi connectivity index (χ1v) is 8.25. The SMILES string of the molecule is CCC(O)(CC)CN1CCN(c2cccc(C)c2C)CC1. The van der Waals surface area contributed by atoms with Gasteiger partial charge in [-0.3, -0.25) is 4.90 Å². The summed E-state index contributed by atoms with van der Waals surface area (Å²) in [4.78, 5) is 4.89. The highest BCUT2D eigenvalue weighted by Crippen LogP contribution is 2.24. The zero-order valence-electron chi connectivity index (χ0n) is 14.0. The summed E-state index contributed by atoms with van der Waals surface area (Å²) in [7, 11) is 0. The molecule has 0 amide bonds. The van der Waals surface area contributed by atoms with Crippen LogP contribution in [0.25, 0.3) is 0 Å². The number of β-amino-alcohol motifs (C(OH)–C–C–N with tert-alkyl or cyclic N) is 1. The van der Waals surface area contributed by atoms with E-state index in [1.54, 1.807) is 0 Å². The van der Waals surface area contributed by atoms with Gasteiger partial charge < -0.3 is 10.0 Å². The van der Waals surface area contributed by atoms with Crippen molar-refractivity contribution in [3.63, 3.8) is 0 Å². The number of benzene rings is 1. The zero-order chi connectivity index (χ0) is 15.5. The molecule has 0 aliphatic carbocycles. The van der Waals surface area contributed by atoms with Crippen molar-refractivity contribution in [1.29, 1.82) is 0 Å². The van der Waals surface area contributed by atoms with Crippen LogP contribution in [-0.4, -0.2) is 48.3 Å². The molecule has 118 valence electrons. The molecule has 0 aromatic heterocycles. The Balaban J connectivity index is 1.96. The molecule has 1 heterocycles. The van der Waals surface area contributed by atoms with E-state index in [9.17, 15) is 5.11 Å². The fourth-order valence-corrected chi connectivity index (χ4v) is 3.11. The van der Waals surface area contributed by atoms with Crippen molar-refractivity contribution in [2.45, 2.75) is 46.1 Å². The van der Waals surface area contributed by atoms with Gasteiger partial charge >= 0.3 is 0 Å². The van der Waals surface area contributed by atoms with Gasteiger partial charge in [0.1, 0.15) is 0 Å². The van der Waals surface area contributed by atoms with Gasteiger partial charge in [0.05, 0.1) is 5.60 Å². The van der Waals surface area contributed by atoms with Crippen LogP contribution in [0.2, 0.25) is 0 Å². The van der Waals surface area contributed by atoms with Gasteiger partial charge in [0.25, 0.3) is 0 Å². The van der Waals surface area contributed by atoms with Crippen LogP contribution in [0.5, 0.6) is 0 Å². The molecule has 0 bridgehead atoms. The van der Waals surface area contributed by atoms with E-state index in [4.69, 9.17) is 0 Å². The van der Waals surface area contributed by atoms with Gasteiger partial charge in [-0.1, -0.05) is 26.0 Å². The summed E-state index contributed by atoms with van der Waals surface area (Å²) in [5, 5.41) is 10.5. The lowest BCUT2D eigenvalue weighted by atomic mass is 9.96. The second-order valence-electron chi connectivity index (χ2n) is 6.41. The van der Waals surface area contributed by atoms with Crippen molar-refractivity contribution in [3.05, 3.63) is 29.3 Å². The molecule has 3 heteroatoms. The molecule has 3 nitrogen and oxygen atoms in total. The maximum atomic E-state index is 10.5. The Morgan fingerprint density at radius 2 is 1.67 bits per heavy atom. The molecule has 1 aromatic carbocycles. The van der Waals surface area contributed by atoms with E-state index in [1.807, 2.05) is 0 Å². The van der Waals surface area contributed by atoms with Crippen LogP contribution in [0, 0.1) is 13.8 Å². The van der Waals surface area contributed by atoms with Gasteiger partial charge in [-0.2, -0.15) is 0 Å². The third kappa shape index (κ3) is 3.78. The molecule has 1 N–H and O–H groups in total. The molecule has 0 atom stereocenters. The summed E-state index contributed by atoms with van der Waals surface area (Å²) in [6, 6.07) is 6.56. The van der Waals surface area contributed by atoms with Crippen LogP contribution in [0.15, 0.2) is 18.2 Å². The number of piperazine rings is 1. The molecule has 21 heavy (non-hydrogen) atoms. The van der Waals surface area contributed by atoms with Crippen LogP contribution in [-0.2, 0) is 0 Å². The first kappa shape index (κ1) is 16.3. The molecule has 1 aromatic rings. The molecule has 1 aliphatic heterocycles. The first-order valence-electron chi connectivity index (χ1n) is 8.25. The van der Waals surface area contributed by atoms with Gasteiger partial charge in [-0.05, 0) is 43.9 Å². The molecule has 2 rings (SSSR count). The van der Waals surface area contributed by atoms with Crippen molar-refractivity contribution in [2.75, 3.05) is 37.6 Å². The third-order valence-corrected chi connectivity index (χ3v) is 5.12. The number of nitrogens with zero attached hydrogens (tertiary/aromatic N) is 2. The maximum Gasteiger partial charge on any atom is 0.0768 e. The summed E-state index contributed by atoms with van der Waals surface area (Å²) in [6.45, 7) is 13.5. The average molecular weight is 290 g/mol. The van der Waals surface area contributed by atoms with Gasteiger partial charge in [0.2, 0.25) is 0 Å². The highest BCUT2D eigenvalue weighted by atomic mass is 16.3. The Hall–Kier alpha value is -1.06. The minimum Gasteiger partial charge on any atom is -0.389 e. The van der Waals surface area contributed by atoms with Crippen molar-refractivity contribution < 1.29 is 5.11 Å². The Bertz CT molecular complexity index is 460. The van der Waals surface area contributed by atoms with E-state index in [0.717, 1.165) is 45.6 Å². The van der Waals surface area contributed by atoms with Gasteiger partial charge in [0.15, 0.2) is 0 Å². The molecule has 0 unspecified atom stereocenters. The quantitative estimate of drug-likeness (QED) is 0.903. The van der Waals surface area contributed by atoms with Gasteiger partial charge in [-0.15, -0.1) is 0 Å². The highest BCUT2D eigenvalue weighted by Gasteiger charge is 2.28. The fourth-order valence-electron chi connectivity index (χ4n) is 3.11. The lowest BCUT2D eigenvalue weighted by Crippen LogP contribution is -2.51. The molecule has 1 saturated heterocycles. The number of aliphatic hydroxyl groups is 1. The minimum absolute atomic E-state index is 0.512. The highest BCUT2D eigenvalue weighted by molar-refractivity contribution is 5.56. The molecular formula is C18H30N2O. The standard InChI is InChI=1S/C18H30N2O/c1-5-18(21,6-2)14-19-10-12-20(13-11-19)17-9-7-8-15(3)16(17)4/h7-9,21H,5-6,10-14H2,1-4H3. The minimum atomic E-state index is -0.512. The van der Waals surface area contributed by atoms with Crippen LogP contribution < -0.4 is 4.90 Å². The molecule has 0 spiro atoms. The van der Waals surface area contributed by atoms with Crippen molar-refractivity contribution in [1.82, 2.24) is 4.90 Å². The van der Waals surface area contributed by atoms with E-state index in [2.05, 4.69) is 55.7 Å². The predicted molar refractivity (Wildman–Crippen MR) is 90.1 cm³/mol. The van der Waals surface area contributed by atoms with Gasteiger partial charge in [-0.25, -0.2) is 0 Å². The summed E-state index contributed by atoms with van der Waals surface area (Å²) in [6.07, 6.45) is 1.67. The summed E-state index contributed by atoms with van der Waals surface area (Å²) in [5.74, 6) is 0. The van der Waals surface area contributed by atoms with E-state index in [-0.39, 0.29) is 0 Å². The molecule has 1 fully saturated rings. The van der Waals surface area contributed by atoms with E-state index in [1.165, 1.54) is 16.8 Å². The summed E-state index contributed by atoms with van der Waals surface area (Å²) < 4.78 is 0. The topological polar surface area (TPSA) is 26.7 Å². The molecule has 1 aliphatic rings. The maximum absolute atomic E-state index is 10.5. The lowest BCUT2D eigenvalue weighted by molar-refractivity contribution is -0.00456. The molecular weight excluding hydrogens is 260 g/mol. The zero-order valence-corrected chi connectivity index (χ0v) is 14.0. The molecule has 0 radical (unpaired) electrons. The van der Waals surface area contributed by atoms with E-state index < -0.39 is 5.60 Å². The van der Waals surface area contributed by atoms with Crippen molar-refractivity contribution in [2.24, 2.45) is 0 Å². The van der Waals surface area contributed by atoms with E-state index >= 15 is 0 Å². The Morgan fingerprint density at radius 1 is 1.05 bits per heavy atom.